The van der Waals surface area contributed by atoms with E-state index in [9.17, 15) is 13.2 Å². The van der Waals surface area contributed by atoms with E-state index in [0.717, 1.165) is 23.1 Å². The van der Waals surface area contributed by atoms with Crippen LogP contribution in [0.2, 0.25) is 5.02 Å². The van der Waals surface area contributed by atoms with Crippen LogP contribution >= 0.6 is 22.9 Å². The van der Waals surface area contributed by atoms with Gasteiger partial charge in [0.25, 0.3) is 5.91 Å². The molecule has 1 aliphatic rings. The molecule has 0 bridgehead atoms. The van der Waals surface area contributed by atoms with Crippen molar-refractivity contribution in [3.63, 3.8) is 0 Å². The van der Waals surface area contributed by atoms with E-state index < -0.39 is 15.9 Å². The topological polar surface area (TPSA) is 71.7 Å². The molecular weight excluding hydrogens is 430 g/mol. The first-order valence-corrected chi connectivity index (χ1v) is 12.0. The highest BCUT2D eigenvalue weighted by Gasteiger charge is 2.27. The van der Waals surface area contributed by atoms with Gasteiger partial charge in [-0.05, 0) is 56.2 Å². The van der Waals surface area contributed by atoms with Gasteiger partial charge in [-0.15, -0.1) is 0 Å². The van der Waals surface area contributed by atoms with Gasteiger partial charge in [-0.2, -0.15) is 9.30 Å². The molecule has 1 fully saturated rings. The molecule has 0 atom stereocenters. The molecule has 9 heteroatoms. The number of benzene rings is 2. The third kappa shape index (κ3) is 3.77. The molecule has 0 N–H and O–H groups in total. The molecule has 4 rings (SSSR count). The Labute approximate surface area is 178 Å². The van der Waals surface area contributed by atoms with E-state index in [4.69, 9.17) is 11.6 Å². The first-order valence-electron chi connectivity index (χ1n) is 9.39. The molecule has 0 spiro atoms. The maximum absolute atomic E-state index is 12.7. The quantitative estimate of drug-likeness (QED) is 0.606. The second kappa shape index (κ2) is 8.02. The van der Waals surface area contributed by atoms with E-state index in [1.807, 2.05) is 29.7 Å². The van der Waals surface area contributed by atoms with Gasteiger partial charge in [0.2, 0.25) is 10.0 Å². The van der Waals surface area contributed by atoms with Gasteiger partial charge < -0.3 is 4.57 Å². The van der Waals surface area contributed by atoms with Gasteiger partial charge >= 0.3 is 0 Å². The van der Waals surface area contributed by atoms with Crippen molar-refractivity contribution in [2.45, 2.75) is 31.2 Å². The number of aromatic nitrogens is 1. The smallest absolute Gasteiger partial charge is 0.279 e. The number of carbonyl (C=O) groups excluding carboxylic acids is 1. The van der Waals surface area contributed by atoms with Crippen molar-refractivity contribution in [3.8, 4) is 0 Å². The SMILES string of the molecule is CCn1c(=NC(=O)c2ccc(S(=O)(=O)N3CCCC3)cc2)sc2cccc(Cl)c21. The van der Waals surface area contributed by atoms with E-state index in [0.29, 0.717) is 35.0 Å². The molecule has 0 aliphatic carbocycles. The van der Waals surface area contributed by atoms with Crippen LogP contribution in [0.3, 0.4) is 0 Å². The molecule has 0 radical (unpaired) electrons. The number of carbonyl (C=O) groups is 1. The molecule has 0 saturated carbocycles. The highest BCUT2D eigenvalue weighted by atomic mass is 35.5. The van der Waals surface area contributed by atoms with Crippen LogP contribution in [0.25, 0.3) is 10.2 Å². The lowest BCUT2D eigenvalue weighted by atomic mass is 10.2. The second-order valence-electron chi connectivity index (χ2n) is 6.77. The maximum Gasteiger partial charge on any atom is 0.279 e. The number of halogens is 1. The normalized spacial score (nSPS) is 16.0. The summed E-state index contributed by atoms with van der Waals surface area (Å²) in [6.07, 6.45) is 1.76. The zero-order valence-electron chi connectivity index (χ0n) is 15.8. The monoisotopic (exact) mass is 449 g/mol. The second-order valence-corrected chi connectivity index (χ2v) is 10.1. The van der Waals surface area contributed by atoms with Crippen molar-refractivity contribution in [3.05, 3.63) is 57.9 Å². The van der Waals surface area contributed by atoms with Crippen LogP contribution in [0, 0.1) is 0 Å². The van der Waals surface area contributed by atoms with Crippen LogP contribution in [-0.4, -0.2) is 36.3 Å². The number of amides is 1. The summed E-state index contributed by atoms with van der Waals surface area (Å²) in [6.45, 7) is 3.69. The Bertz CT molecular complexity index is 1240. The van der Waals surface area contributed by atoms with Crippen molar-refractivity contribution in [1.29, 1.82) is 0 Å². The summed E-state index contributed by atoms with van der Waals surface area (Å²) in [5, 5.41) is 0.617. The number of aryl methyl sites for hydroxylation is 1. The number of hydrogen-bond acceptors (Lipinski definition) is 4. The minimum Gasteiger partial charge on any atom is -0.315 e. The fourth-order valence-electron chi connectivity index (χ4n) is 3.46. The molecule has 29 heavy (non-hydrogen) atoms. The Hall–Kier alpha value is -2.00. The first-order chi connectivity index (χ1) is 13.9. The van der Waals surface area contributed by atoms with E-state index in [1.165, 1.54) is 39.9 Å². The van der Waals surface area contributed by atoms with Gasteiger partial charge in [0.15, 0.2) is 4.80 Å². The van der Waals surface area contributed by atoms with Gasteiger partial charge in [-0.25, -0.2) is 8.42 Å². The summed E-state index contributed by atoms with van der Waals surface area (Å²) < 4.78 is 29.6. The highest BCUT2D eigenvalue weighted by molar-refractivity contribution is 7.89. The van der Waals surface area contributed by atoms with Crippen molar-refractivity contribution >= 4 is 49.1 Å². The van der Waals surface area contributed by atoms with Gasteiger partial charge in [-0.3, -0.25) is 4.79 Å². The van der Waals surface area contributed by atoms with Crippen molar-refractivity contribution < 1.29 is 13.2 Å². The number of thiazole rings is 1. The summed E-state index contributed by atoms with van der Waals surface area (Å²) in [4.78, 5) is 17.7. The van der Waals surface area contributed by atoms with Gasteiger partial charge in [0, 0.05) is 25.2 Å². The Morgan fingerprint density at radius 2 is 1.83 bits per heavy atom. The Morgan fingerprint density at radius 1 is 1.14 bits per heavy atom. The molecule has 3 aromatic rings. The third-order valence-corrected chi connectivity index (χ3v) is 8.23. The summed E-state index contributed by atoms with van der Waals surface area (Å²) in [5.74, 6) is -0.417. The molecule has 2 aromatic carbocycles. The summed E-state index contributed by atoms with van der Waals surface area (Å²) in [7, 11) is -3.50. The zero-order chi connectivity index (χ0) is 20.6. The molecule has 1 aliphatic heterocycles. The first kappa shape index (κ1) is 20.3. The average Bonchev–Trinajstić information content (AvgIpc) is 3.37. The van der Waals surface area contributed by atoms with E-state index in [-0.39, 0.29) is 4.90 Å². The number of hydrogen-bond donors (Lipinski definition) is 0. The summed E-state index contributed by atoms with van der Waals surface area (Å²) >= 11 is 7.72. The third-order valence-electron chi connectivity index (χ3n) is 4.97. The van der Waals surface area contributed by atoms with Crippen molar-refractivity contribution in [2.75, 3.05) is 13.1 Å². The zero-order valence-corrected chi connectivity index (χ0v) is 18.2. The highest BCUT2D eigenvalue weighted by Crippen LogP contribution is 2.25. The Kier molecular flexibility index (Phi) is 5.61. The lowest BCUT2D eigenvalue weighted by Crippen LogP contribution is -2.27. The fourth-order valence-corrected chi connectivity index (χ4v) is 6.43. The standard InChI is InChI=1S/C20H20ClN3O3S2/c1-2-24-18-16(21)6-5-7-17(18)28-20(24)22-19(25)14-8-10-15(11-9-14)29(26,27)23-12-3-4-13-23/h5-11H,2-4,12-13H2,1H3. The molecule has 2 heterocycles. The number of rotatable bonds is 4. The van der Waals surface area contributed by atoms with Crippen LogP contribution in [0.1, 0.15) is 30.1 Å². The number of sulfonamides is 1. The lowest BCUT2D eigenvalue weighted by Gasteiger charge is -2.15. The Balaban J connectivity index is 1.67. The van der Waals surface area contributed by atoms with Gasteiger partial charge in [-0.1, -0.05) is 29.0 Å². The van der Waals surface area contributed by atoms with Gasteiger partial charge in [0.05, 0.1) is 20.1 Å². The van der Waals surface area contributed by atoms with E-state index in [1.54, 1.807) is 0 Å². The average molecular weight is 450 g/mol. The maximum atomic E-state index is 12.7. The summed E-state index contributed by atoms with van der Waals surface area (Å²) in [6, 6.07) is 11.6. The Morgan fingerprint density at radius 3 is 2.48 bits per heavy atom. The molecule has 6 nitrogen and oxygen atoms in total. The number of para-hydroxylation sites is 1. The number of fused-ring (bicyclic) bond motifs is 1. The van der Waals surface area contributed by atoms with Crippen molar-refractivity contribution in [1.82, 2.24) is 8.87 Å². The van der Waals surface area contributed by atoms with Crippen LogP contribution in [-0.2, 0) is 16.6 Å². The molecule has 152 valence electrons. The van der Waals surface area contributed by atoms with Crippen LogP contribution in [0.5, 0.6) is 0 Å². The molecular formula is C20H20ClN3O3S2. The fraction of sp³-hybridized carbons (Fsp3) is 0.300. The molecule has 1 amide bonds. The van der Waals surface area contributed by atoms with Crippen LogP contribution in [0.4, 0.5) is 0 Å². The largest absolute Gasteiger partial charge is 0.315 e. The van der Waals surface area contributed by atoms with Gasteiger partial charge in [0.1, 0.15) is 0 Å². The van der Waals surface area contributed by atoms with E-state index >= 15 is 0 Å². The van der Waals surface area contributed by atoms with Crippen LogP contribution in [0.15, 0.2) is 52.4 Å². The van der Waals surface area contributed by atoms with E-state index in [2.05, 4.69) is 4.99 Å². The molecule has 1 aromatic heterocycles. The van der Waals surface area contributed by atoms with Crippen molar-refractivity contribution in [2.24, 2.45) is 4.99 Å². The predicted octanol–water partition coefficient (Wildman–Crippen LogP) is 3.90. The molecule has 1 saturated heterocycles. The van der Waals surface area contributed by atoms with Crippen LogP contribution < -0.4 is 4.80 Å². The molecule has 0 unspecified atom stereocenters. The summed E-state index contributed by atoms with van der Waals surface area (Å²) in [5.41, 5.74) is 1.21. The predicted molar refractivity (Wildman–Crippen MR) is 115 cm³/mol. The minimum atomic E-state index is -3.50. The lowest BCUT2D eigenvalue weighted by molar-refractivity contribution is 0.0997. The minimum absolute atomic E-state index is 0.202. The number of nitrogens with zero attached hydrogens (tertiary/aromatic N) is 3.